The third-order valence-electron chi connectivity index (χ3n) is 1.71. The Morgan fingerprint density at radius 2 is 1.78 bits per heavy atom. The van der Waals surface area contributed by atoms with Crippen molar-refractivity contribution in [1.29, 1.82) is 0 Å². The van der Waals surface area contributed by atoms with Crippen molar-refractivity contribution in [1.82, 2.24) is 0 Å². The number of sulfonamides is 1. The molecule has 0 saturated heterocycles. The minimum atomic E-state index is -3.55. The molecule has 1 aromatic carbocycles. The van der Waals surface area contributed by atoms with Crippen LogP contribution in [0.2, 0.25) is 5.02 Å². The van der Waals surface area contributed by atoms with E-state index in [4.69, 9.17) is 46.4 Å². The van der Waals surface area contributed by atoms with Crippen LogP contribution in [0.3, 0.4) is 0 Å². The lowest BCUT2D eigenvalue weighted by Crippen LogP contribution is -2.28. The molecule has 18 heavy (non-hydrogen) atoms. The fourth-order valence-corrected chi connectivity index (χ4v) is 3.90. The van der Waals surface area contributed by atoms with Gasteiger partial charge in [0.25, 0.3) is 0 Å². The van der Waals surface area contributed by atoms with Gasteiger partial charge >= 0.3 is 0 Å². The standard InChI is InChI=1S/C9H9Cl4NO2S2/c1-18(15,16)14(17-9(12,13)6-10)8-4-2-7(11)3-5-8/h2-5H,6H2,1H3. The van der Waals surface area contributed by atoms with Crippen LogP contribution in [-0.4, -0.2) is 24.2 Å². The van der Waals surface area contributed by atoms with E-state index in [-0.39, 0.29) is 5.88 Å². The molecule has 0 aliphatic heterocycles. The van der Waals surface area contributed by atoms with Crippen molar-refractivity contribution in [3.63, 3.8) is 0 Å². The summed E-state index contributed by atoms with van der Waals surface area (Å²) in [6.07, 6.45) is 1.05. The van der Waals surface area contributed by atoms with E-state index >= 15 is 0 Å². The summed E-state index contributed by atoms with van der Waals surface area (Å²) in [7, 11) is -3.55. The van der Waals surface area contributed by atoms with Gasteiger partial charge in [0.15, 0.2) is 3.67 Å². The Kier molecular flexibility index (Phi) is 5.77. The number of halogens is 4. The molecule has 3 nitrogen and oxygen atoms in total. The van der Waals surface area contributed by atoms with Gasteiger partial charge < -0.3 is 0 Å². The highest BCUT2D eigenvalue weighted by Crippen LogP contribution is 2.41. The van der Waals surface area contributed by atoms with Crippen LogP contribution < -0.4 is 3.71 Å². The Morgan fingerprint density at radius 1 is 1.28 bits per heavy atom. The molecule has 0 unspecified atom stereocenters. The molecule has 1 rings (SSSR count). The number of alkyl halides is 3. The molecule has 0 fully saturated rings. The van der Waals surface area contributed by atoms with Crippen molar-refractivity contribution in [3.05, 3.63) is 29.3 Å². The third kappa shape index (κ3) is 4.87. The lowest BCUT2D eigenvalue weighted by Gasteiger charge is -2.26. The van der Waals surface area contributed by atoms with Crippen molar-refractivity contribution in [2.24, 2.45) is 0 Å². The van der Waals surface area contributed by atoms with Crippen LogP contribution in [0.25, 0.3) is 0 Å². The van der Waals surface area contributed by atoms with E-state index in [1.54, 1.807) is 24.3 Å². The van der Waals surface area contributed by atoms with Gasteiger partial charge in [0.05, 0.1) is 17.8 Å². The zero-order chi connectivity index (χ0) is 14.0. The summed E-state index contributed by atoms with van der Waals surface area (Å²) >= 11 is 23.8. The monoisotopic (exact) mass is 367 g/mol. The van der Waals surface area contributed by atoms with Gasteiger partial charge in [-0.1, -0.05) is 34.8 Å². The van der Waals surface area contributed by atoms with Gasteiger partial charge in [-0.05, 0) is 24.3 Å². The first-order chi connectivity index (χ1) is 8.15. The molecule has 0 N–H and O–H groups in total. The Labute approximate surface area is 131 Å². The number of nitrogens with zero attached hydrogens (tertiary/aromatic N) is 1. The summed E-state index contributed by atoms with van der Waals surface area (Å²) in [6.45, 7) is 0. The minimum absolute atomic E-state index is 0.125. The zero-order valence-corrected chi connectivity index (χ0v) is 13.8. The Bertz CT molecular complexity index is 504. The summed E-state index contributed by atoms with van der Waals surface area (Å²) in [5, 5.41) is 0.498. The second-order valence-electron chi connectivity index (χ2n) is 3.33. The molecule has 0 radical (unpaired) electrons. The molecule has 0 saturated carbocycles. The normalized spacial score (nSPS) is 12.5. The van der Waals surface area contributed by atoms with Crippen LogP contribution in [0.15, 0.2) is 24.3 Å². The molecule has 0 heterocycles. The van der Waals surface area contributed by atoms with Crippen LogP contribution in [0.5, 0.6) is 0 Å². The number of hydrogen-bond donors (Lipinski definition) is 0. The summed E-state index contributed by atoms with van der Waals surface area (Å²) in [4.78, 5) is 0. The van der Waals surface area contributed by atoms with Crippen LogP contribution in [0.1, 0.15) is 0 Å². The molecule has 0 aromatic heterocycles. The van der Waals surface area contributed by atoms with Crippen molar-refractivity contribution in [2.45, 2.75) is 3.67 Å². The maximum absolute atomic E-state index is 11.7. The van der Waals surface area contributed by atoms with Crippen molar-refractivity contribution < 1.29 is 8.42 Å². The second-order valence-corrected chi connectivity index (χ2v) is 9.27. The van der Waals surface area contributed by atoms with Gasteiger partial charge in [-0.3, -0.25) is 0 Å². The largest absolute Gasteiger partial charge is 0.241 e. The molecule has 0 aliphatic rings. The van der Waals surface area contributed by atoms with E-state index in [0.717, 1.165) is 9.97 Å². The predicted molar refractivity (Wildman–Crippen MR) is 81.5 cm³/mol. The first-order valence-corrected chi connectivity index (χ1v) is 8.83. The average Bonchev–Trinajstić information content (AvgIpc) is 2.26. The van der Waals surface area contributed by atoms with E-state index in [2.05, 4.69) is 0 Å². The quantitative estimate of drug-likeness (QED) is 0.579. The molecule has 0 spiro atoms. The van der Waals surface area contributed by atoms with E-state index in [1.165, 1.54) is 0 Å². The molecule has 102 valence electrons. The Balaban J connectivity index is 3.11. The number of anilines is 1. The number of hydrogen-bond acceptors (Lipinski definition) is 3. The number of rotatable bonds is 5. The SMILES string of the molecule is CS(=O)(=O)N(SC(Cl)(Cl)CCl)c1ccc(Cl)cc1. The van der Waals surface area contributed by atoms with Gasteiger partial charge in [-0.15, -0.1) is 11.6 Å². The fourth-order valence-electron chi connectivity index (χ4n) is 1.02. The van der Waals surface area contributed by atoms with Crippen molar-refractivity contribution in [3.8, 4) is 0 Å². The number of benzene rings is 1. The van der Waals surface area contributed by atoms with E-state index in [0.29, 0.717) is 22.7 Å². The molecular weight excluding hydrogens is 360 g/mol. The fraction of sp³-hybridized carbons (Fsp3) is 0.333. The molecule has 9 heteroatoms. The highest BCUT2D eigenvalue weighted by Gasteiger charge is 2.32. The second kappa shape index (κ2) is 6.29. The van der Waals surface area contributed by atoms with Crippen LogP contribution in [-0.2, 0) is 10.0 Å². The topological polar surface area (TPSA) is 37.4 Å². The molecule has 0 bridgehead atoms. The predicted octanol–water partition coefficient (Wildman–Crippen LogP) is 4.12. The summed E-state index contributed by atoms with van der Waals surface area (Å²) in [5.41, 5.74) is 0.391. The molecule has 1 aromatic rings. The maximum Gasteiger partial charge on any atom is 0.241 e. The minimum Gasteiger partial charge on any atom is -0.209 e. The summed E-state index contributed by atoms with van der Waals surface area (Å²) < 4.78 is 23.0. The molecular formula is C9H9Cl4NO2S2. The Hall–Kier alpha value is 0.480. The lowest BCUT2D eigenvalue weighted by atomic mass is 10.3. The maximum atomic E-state index is 11.7. The van der Waals surface area contributed by atoms with Gasteiger partial charge in [0.2, 0.25) is 10.0 Å². The van der Waals surface area contributed by atoms with Crippen LogP contribution in [0, 0.1) is 0 Å². The van der Waals surface area contributed by atoms with Gasteiger partial charge in [-0.2, -0.15) is 0 Å². The van der Waals surface area contributed by atoms with Gasteiger partial charge in [0, 0.05) is 17.0 Å². The van der Waals surface area contributed by atoms with Crippen molar-refractivity contribution >= 4 is 74.1 Å². The van der Waals surface area contributed by atoms with E-state index in [1.807, 2.05) is 0 Å². The first kappa shape index (κ1) is 16.5. The smallest absolute Gasteiger partial charge is 0.209 e. The molecule has 0 aliphatic carbocycles. The third-order valence-corrected chi connectivity index (χ3v) is 6.11. The van der Waals surface area contributed by atoms with Gasteiger partial charge in [-0.25, -0.2) is 12.1 Å². The van der Waals surface area contributed by atoms with Crippen LogP contribution in [0.4, 0.5) is 5.69 Å². The molecule has 0 amide bonds. The molecule has 0 atom stereocenters. The average molecular weight is 369 g/mol. The highest BCUT2D eigenvalue weighted by molar-refractivity contribution is 8.16. The van der Waals surface area contributed by atoms with Crippen LogP contribution >= 0.6 is 58.4 Å². The Morgan fingerprint density at radius 3 is 2.17 bits per heavy atom. The zero-order valence-electron chi connectivity index (χ0n) is 9.11. The summed E-state index contributed by atoms with van der Waals surface area (Å²) in [6, 6.07) is 6.24. The summed E-state index contributed by atoms with van der Waals surface area (Å²) in [5.74, 6) is -0.125. The van der Waals surface area contributed by atoms with Gasteiger partial charge in [0.1, 0.15) is 0 Å². The van der Waals surface area contributed by atoms with Crippen molar-refractivity contribution in [2.75, 3.05) is 15.8 Å². The van der Waals surface area contributed by atoms with E-state index < -0.39 is 13.7 Å². The first-order valence-electron chi connectivity index (χ1n) is 4.54. The lowest BCUT2D eigenvalue weighted by molar-refractivity contribution is 0.604. The highest BCUT2D eigenvalue weighted by atomic mass is 35.5. The van der Waals surface area contributed by atoms with E-state index in [9.17, 15) is 8.42 Å².